The number of anilines is 1. The molecule has 0 bridgehead atoms. The monoisotopic (exact) mass is 451 g/mol. The molecule has 1 aromatic carbocycles. The van der Waals surface area contributed by atoms with E-state index in [0.717, 1.165) is 12.8 Å². The van der Waals surface area contributed by atoms with Crippen molar-refractivity contribution in [2.75, 3.05) is 18.2 Å². The number of halogens is 1. The molecule has 1 heterocycles. The van der Waals surface area contributed by atoms with E-state index in [4.69, 9.17) is 25.8 Å². The molecule has 168 valence electrons. The molecule has 31 heavy (non-hydrogen) atoms. The van der Waals surface area contributed by atoms with Crippen molar-refractivity contribution < 1.29 is 28.6 Å². The molecule has 9 nitrogen and oxygen atoms in total. The Bertz CT molecular complexity index is 901. The lowest BCUT2D eigenvalue weighted by atomic mass is 10.2. The Morgan fingerprint density at radius 1 is 1.29 bits per heavy atom. The van der Waals surface area contributed by atoms with Crippen LogP contribution in [0.3, 0.4) is 0 Å². The van der Waals surface area contributed by atoms with Gasteiger partial charge < -0.3 is 14.2 Å². The molecule has 0 spiro atoms. The number of rotatable bonds is 12. The number of nitrogens with zero attached hydrogens (tertiary/aromatic N) is 3. The van der Waals surface area contributed by atoms with E-state index < -0.39 is 18.2 Å². The summed E-state index contributed by atoms with van der Waals surface area (Å²) in [6.07, 6.45) is 4.05. The van der Waals surface area contributed by atoms with Gasteiger partial charge in [-0.25, -0.2) is 9.78 Å². The maximum atomic E-state index is 12.4. The number of amides is 1. The van der Waals surface area contributed by atoms with Gasteiger partial charge in [-0.2, -0.15) is 0 Å². The Hall–Kier alpha value is -2.91. The number of hydrogen-bond acceptors (Lipinski definition) is 7. The van der Waals surface area contributed by atoms with Crippen LogP contribution in [0, 0.1) is 0 Å². The fraction of sp³-hybridized carbons (Fsp3) is 0.429. The third kappa shape index (κ3) is 6.80. The summed E-state index contributed by atoms with van der Waals surface area (Å²) in [5.41, 5.74) is 0.106. The van der Waals surface area contributed by atoms with E-state index in [-0.39, 0.29) is 23.4 Å². The van der Waals surface area contributed by atoms with Crippen LogP contribution in [0.5, 0.6) is 5.75 Å². The van der Waals surface area contributed by atoms with Gasteiger partial charge in [-0.3, -0.25) is 19.1 Å². The zero-order valence-corrected chi connectivity index (χ0v) is 18.5. The maximum Gasteiger partial charge on any atom is 0.344 e. The molecule has 1 amide bonds. The molecule has 1 atom stereocenters. The fourth-order valence-corrected chi connectivity index (χ4v) is 3.01. The number of benzene rings is 1. The van der Waals surface area contributed by atoms with Crippen LogP contribution >= 0.6 is 11.6 Å². The summed E-state index contributed by atoms with van der Waals surface area (Å²) < 4.78 is 17.4. The fourth-order valence-electron chi connectivity index (χ4n) is 2.77. The van der Waals surface area contributed by atoms with E-state index in [2.05, 4.69) is 4.98 Å². The average molecular weight is 452 g/mol. The Balaban J connectivity index is 2.02. The topological polar surface area (TPSA) is 100.0 Å². The predicted octanol–water partition coefficient (Wildman–Crippen LogP) is 3.96. The van der Waals surface area contributed by atoms with Crippen LogP contribution in [0.4, 0.5) is 5.82 Å². The number of para-hydroxylation sites is 1. The highest BCUT2D eigenvalue weighted by molar-refractivity contribution is 6.28. The van der Waals surface area contributed by atoms with Gasteiger partial charge in [-0.1, -0.05) is 32.4 Å². The summed E-state index contributed by atoms with van der Waals surface area (Å²) in [6, 6.07) is 6.25. The zero-order valence-electron chi connectivity index (χ0n) is 17.7. The Morgan fingerprint density at radius 3 is 2.68 bits per heavy atom. The van der Waals surface area contributed by atoms with Crippen molar-refractivity contribution in [2.24, 2.45) is 0 Å². The minimum Gasteiger partial charge on any atom is -0.435 e. The molecular weight excluding hydrogens is 426 g/mol. The molecule has 0 radical (unpaired) electrons. The molecule has 0 fully saturated rings. The largest absolute Gasteiger partial charge is 0.435 e. The molecule has 0 saturated heterocycles. The summed E-state index contributed by atoms with van der Waals surface area (Å²) in [4.78, 5) is 40.6. The van der Waals surface area contributed by atoms with Crippen LogP contribution in [0.1, 0.15) is 56.6 Å². The number of imidazole rings is 1. The second-order valence-electron chi connectivity index (χ2n) is 6.60. The van der Waals surface area contributed by atoms with Crippen molar-refractivity contribution in [3.8, 4) is 5.75 Å². The van der Waals surface area contributed by atoms with Crippen molar-refractivity contribution in [1.29, 1.82) is 0 Å². The van der Waals surface area contributed by atoms with Gasteiger partial charge in [-0.15, -0.1) is 0 Å². The molecule has 1 aromatic heterocycles. The van der Waals surface area contributed by atoms with Crippen LogP contribution in [-0.4, -0.2) is 41.2 Å². The quantitative estimate of drug-likeness (QED) is 0.208. The molecule has 2 aromatic rings. The van der Waals surface area contributed by atoms with Gasteiger partial charge >= 0.3 is 11.9 Å². The first-order valence-corrected chi connectivity index (χ1v) is 10.3. The minimum absolute atomic E-state index is 0.106. The summed E-state index contributed by atoms with van der Waals surface area (Å²) in [7, 11) is 0. The number of aromatic nitrogens is 2. The van der Waals surface area contributed by atoms with Gasteiger partial charge in [0, 0.05) is 13.5 Å². The van der Waals surface area contributed by atoms with E-state index in [0.29, 0.717) is 25.2 Å². The standard InChI is InChI=1S/C21H26ClN3O6/c1-4-6-11-24(13-26)18-12-25(21(22)23-18)19(5-2)29-14-30-20(28)16-9-7-8-10-17(16)31-15(3)27/h7-10,12-13,19H,4-6,11,14H2,1-3H3. The van der Waals surface area contributed by atoms with Crippen LogP contribution in [0.15, 0.2) is 30.5 Å². The van der Waals surface area contributed by atoms with Crippen molar-refractivity contribution in [3.05, 3.63) is 41.3 Å². The molecule has 10 heteroatoms. The van der Waals surface area contributed by atoms with Gasteiger partial charge in [0.25, 0.3) is 0 Å². The first kappa shape index (κ1) is 24.4. The van der Waals surface area contributed by atoms with Crippen molar-refractivity contribution in [3.63, 3.8) is 0 Å². The van der Waals surface area contributed by atoms with Crippen LogP contribution < -0.4 is 9.64 Å². The highest BCUT2D eigenvalue weighted by atomic mass is 35.5. The van der Waals surface area contributed by atoms with Crippen molar-refractivity contribution in [1.82, 2.24) is 9.55 Å². The highest BCUT2D eigenvalue weighted by Gasteiger charge is 2.20. The van der Waals surface area contributed by atoms with E-state index in [9.17, 15) is 14.4 Å². The van der Waals surface area contributed by atoms with Crippen LogP contribution in [-0.2, 0) is 19.1 Å². The van der Waals surface area contributed by atoms with Crippen LogP contribution in [0.25, 0.3) is 0 Å². The summed E-state index contributed by atoms with van der Waals surface area (Å²) >= 11 is 6.23. The lowest BCUT2D eigenvalue weighted by Gasteiger charge is -2.18. The summed E-state index contributed by atoms with van der Waals surface area (Å²) in [5, 5.41) is 0.150. The first-order valence-electron chi connectivity index (χ1n) is 9.93. The summed E-state index contributed by atoms with van der Waals surface area (Å²) in [5.74, 6) is -0.717. The van der Waals surface area contributed by atoms with Gasteiger partial charge in [0.1, 0.15) is 17.5 Å². The van der Waals surface area contributed by atoms with Gasteiger partial charge in [-0.05, 0) is 36.6 Å². The third-order valence-corrected chi connectivity index (χ3v) is 4.60. The lowest BCUT2D eigenvalue weighted by Crippen LogP contribution is -2.22. The lowest BCUT2D eigenvalue weighted by molar-refractivity contribution is -0.131. The van der Waals surface area contributed by atoms with E-state index in [1.165, 1.54) is 24.0 Å². The normalized spacial score (nSPS) is 11.6. The van der Waals surface area contributed by atoms with Crippen molar-refractivity contribution >= 4 is 35.8 Å². The Morgan fingerprint density at radius 2 is 2.03 bits per heavy atom. The number of unbranched alkanes of at least 4 members (excludes halogenated alkanes) is 1. The number of carbonyl (C=O) groups is 3. The number of ether oxygens (including phenoxy) is 3. The second-order valence-corrected chi connectivity index (χ2v) is 6.93. The zero-order chi connectivity index (χ0) is 22.8. The van der Waals surface area contributed by atoms with E-state index in [1.807, 2.05) is 13.8 Å². The average Bonchev–Trinajstić information content (AvgIpc) is 3.12. The molecule has 0 aliphatic rings. The Kier molecular flexibility index (Phi) is 9.48. The van der Waals surface area contributed by atoms with Crippen LogP contribution in [0.2, 0.25) is 5.28 Å². The van der Waals surface area contributed by atoms with E-state index >= 15 is 0 Å². The van der Waals surface area contributed by atoms with E-state index in [1.54, 1.807) is 22.9 Å². The summed E-state index contributed by atoms with van der Waals surface area (Å²) in [6.45, 7) is 5.32. The maximum absolute atomic E-state index is 12.4. The SMILES string of the molecule is CCCCN(C=O)c1cn(C(CC)OCOC(=O)c2ccccc2OC(C)=O)c(Cl)n1. The van der Waals surface area contributed by atoms with Gasteiger partial charge in [0.05, 0.1) is 6.20 Å². The molecule has 0 saturated carbocycles. The third-order valence-electron chi connectivity index (χ3n) is 4.32. The predicted molar refractivity (Wildman–Crippen MR) is 114 cm³/mol. The Labute approximate surface area is 185 Å². The number of carbonyl (C=O) groups excluding carboxylic acids is 3. The first-order chi connectivity index (χ1) is 14.9. The van der Waals surface area contributed by atoms with Crippen molar-refractivity contribution in [2.45, 2.75) is 46.3 Å². The van der Waals surface area contributed by atoms with Gasteiger partial charge in [0.2, 0.25) is 11.7 Å². The number of hydrogen-bond donors (Lipinski definition) is 0. The highest BCUT2D eigenvalue weighted by Crippen LogP contribution is 2.25. The minimum atomic E-state index is -0.698. The molecule has 0 N–H and O–H groups in total. The molecular formula is C21H26ClN3O6. The second kappa shape index (κ2) is 12.1. The molecule has 1 unspecified atom stereocenters. The number of esters is 2. The molecule has 2 rings (SSSR count). The van der Waals surface area contributed by atoms with Gasteiger partial charge in [0.15, 0.2) is 12.6 Å². The smallest absolute Gasteiger partial charge is 0.344 e. The molecule has 0 aliphatic carbocycles. The molecule has 0 aliphatic heterocycles.